The number of furan rings is 1. The lowest BCUT2D eigenvalue weighted by atomic mass is 10.1. The van der Waals surface area contributed by atoms with Gasteiger partial charge < -0.3 is 14.1 Å². The molecule has 0 spiro atoms. The van der Waals surface area contributed by atoms with Crippen LogP contribution in [0.2, 0.25) is 0 Å². The minimum atomic E-state index is -0.294. The Morgan fingerprint density at radius 3 is 2.54 bits per heavy atom. The van der Waals surface area contributed by atoms with Crippen molar-refractivity contribution in [1.29, 1.82) is 0 Å². The van der Waals surface area contributed by atoms with Crippen LogP contribution in [0.1, 0.15) is 31.1 Å². The summed E-state index contributed by atoms with van der Waals surface area (Å²) in [6.45, 7) is 2.80. The summed E-state index contributed by atoms with van der Waals surface area (Å²) in [6, 6.07) is 13.5. The SMILES string of the molecule is CCOC(=O)CCN(Cc1ccco1)C(=O)CCc1ccccc1. The molecule has 0 N–H and O–H groups in total. The zero-order valence-electron chi connectivity index (χ0n) is 13.9. The molecule has 0 saturated carbocycles. The number of hydrogen-bond donors (Lipinski definition) is 0. The molecule has 1 heterocycles. The van der Waals surface area contributed by atoms with Gasteiger partial charge in [0.1, 0.15) is 5.76 Å². The number of amides is 1. The average Bonchev–Trinajstić information content (AvgIpc) is 3.11. The van der Waals surface area contributed by atoms with E-state index in [4.69, 9.17) is 9.15 Å². The molecule has 24 heavy (non-hydrogen) atoms. The van der Waals surface area contributed by atoms with Crippen LogP contribution >= 0.6 is 0 Å². The highest BCUT2D eigenvalue weighted by Crippen LogP contribution is 2.10. The second-order valence-corrected chi connectivity index (χ2v) is 5.44. The van der Waals surface area contributed by atoms with Crippen molar-refractivity contribution in [2.45, 2.75) is 32.7 Å². The van der Waals surface area contributed by atoms with Gasteiger partial charge in [-0.1, -0.05) is 30.3 Å². The Labute approximate surface area is 142 Å². The molecule has 128 valence electrons. The normalized spacial score (nSPS) is 10.4. The summed E-state index contributed by atoms with van der Waals surface area (Å²) in [5.74, 6) is 0.407. The first kappa shape index (κ1) is 17.8. The number of carbonyl (C=O) groups is 2. The van der Waals surface area contributed by atoms with E-state index >= 15 is 0 Å². The van der Waals surface area contributed by atoms with E-state index in [9.17, 15) is 9.59 Å². The van der Waals surface area contributed by atoms with Crippen molar-refractivity contribution in [3.63, 3.8) is 0 Å². The summed E-state index contributed by atoms with van der Waals surface area (Å²) in [5.41, 5.74) is 1.12. The maximum absolute atomic E-state index is 12.5. The van der Waals surface area contributed by atoms with Gasteiger partial charge in [-0.2, -0.15) is 0 Å². The van der Waals surface area contributed by atoms with Crippen LogP contribution in [0, 0.1) is 0 Å². The molecule has 5 heteroatoms. The van der Waals surface area contributed by atoms with E-state index in [0.29, 0.717) is 38.3 Å². The second-order valence-electron chi connectivity index (χ2n) is 5.44. The molecular weight excluding hydrogens is 306 g/mol. The van der Waals surface area contributed by atoms with Crippen LogP contribution in [0.25, 0.3) is 0 Å². The Morgan fingerprint density at radius 1 is 1.08 bits per heavy atom. The topological polar surface area (TPSA) is 59.8 Å². The monoisotopic (exact) mass is 329 g/mol. The molecule has 2 rings (SSSR count). The Morgan fingerprint density at radius 2 is 1.88 bits per heavy atom. The van der Waals surface area contributed by atoms with Crippen molar-refractivity contribution in [2.24, 2.45) is 0 Å². The number of aryl methyl sites for hydroxylation is 1. The van der Waals surface area contributed by atoms with E-state index in [-0.39, 0.29) is 18.3 Å². The third kappa shape index (κ3) is 5.91. The van der Waals surface area contributed by atoms with E-state index in [0.717, 1.165) is 5.56 Å². The number of ether oxygens (including phenoxy) is 1. The smallest absolute Gasteiger partial charge is 0.307 e. The van der Waals surface area contributed by atoms with Crippen LogP contribution in [-0.4, -0.2) is 29.9 Å². The fourth-order valence-electron chi connectivity index (χ4n) is 2.40. The lowest BCUT2D eigenvalue weighted by Gasteiger charge is -2.21. The molecule has 2 aromatic rings. The zero-order chi connectivity index (χ0) is 17.2. The maximum Gasteiger partial charge on any atom is 0.307 e. The fourth-order valence-corrected chi connectivity index (χ4v) is 2.40. The summed E-state index contributed by atoms with van der Waals surface area (Å²) in [4.78, 5) is 25.8. The summed E-state index contributed by atoms with van der Waals surface area (Å²) in [6.07, 6.45) is 2.83. The minimum absolute atomic E-state index is 0.000415. The summed E-state index contributed by atoms with van der Waals surface area (Å²) < 4.78 is 10.3. The van der Waals surface area contributed by atoms with Crippen LogP contribution in [0.5, 0.6) is 0 Å². The second kappa shape index (κ2) is 9.55. The van der Waals surface area contributed by atoms with E-state index in [1.807, 2.05) is 36.4 Å². The molecule has 0 aliphatic rings. The van der Waals surface area contributed by atoms with Crippen molar-refractivity contribution in [1.82, 2.24) is 4.90 Å². The third-order valence-corrected chi connectivity index (χ3v) is 3.64. The maximum atomic E-state index is 12.5. The number of benzene rings is 1. The molecule has 0 aliphatic carbocycles. The average molecular weight is 329 g/mol. The Bertz CT molecular complexity index is 622. The van der Waals surface area contributed by atoms with E-state index in [2.05, 4.69) is 0 Å². The molecule has 0 saturated heterocycles. The quantitative estimate of drug-likeness (QED) is 0.663. The lowest BCUT2D eigenvalue weighted by molar-refractivity contribution is -0.144. The molecule has 1 aromatic heterocycles. The zero-order valence-corrected chi connectivity index (χ0v) is 13.9. The van der Waals surface area contributed by atoms with E-state index < -0.39 is 0 Å². The van der Waals surface area contributed by atoms with Crippen LogP contribution in [0.4, 0.5) is 0 Å². The molecule has 0 bridgehead atoms. The molecule has 0 atom stereocenters. The largest absolute Gasteiger partial charge is 0.467 e. The molecule has 5 nitrogen and oxygen atoms in total. The van der Waals surface area contributed by atoms with E-state index in [1.54, 1.807) is 24.2 Å². The van der Waals surface area contributed by atoms with Gasteiger partial charge in [0.15, 0.2) is 0 Å². The van der Waals surface area contributed by atoms with E-state index in [1.165, 1.54) is 0 Å². The van der Waals surface area contributed by atoms with Crippen molar-refractivity contribution in [3.05, 3.63) is 60.1 Å². The first-order chi connectivity index (χ1) is 11.7. The lowest BCUT2D eigenvalue weighted by Crippen LogP contribution is -2.33. The summed E-state index contributed by atoms with van der Waals surface area (Å²) in [5, 5.41) is 0. The highest BCUT2D eigenvalue weighted by atomic mass is 16.5. The first-order valence-electron chi connectivity index (χ1n) is 8.18. The molecular formula is C19H23NO4. The highest BCUT2D eigenvalue weighted by Gasteiger charge is 2.17. The Balaban J connectivity index is 1.92. The molecule has 0 fully saturated rings. The van der Waals surface area contributed by atoms with Gasteiger partial charge in [-0.25, -0.2) is 0 Å². The van der Waals surface area contributed by atoms with Crippen molar-refractivity contribution < 1.29 is 18.7 Å². The fraction of sp³-hybridized carbons (Fsp3) is 0.368. The van der Waals surface area contributed by atoms with Crippen molar-refractivity contribution >= 4 is 11.9 Å². The predicted molar refractivity (Wildman–Crippen MR) is 90.1 cm³/mol. The van der Waals surface area contributed by atoms with Gasteiger partial charge in [0, 0.05) is 13.0 Å². The number of esters is 1. The number of nitrogens with zero attached hydrogens (tertiary/aromatic N) is 1. The van der Waals surface area contributed by atoms with Crippen LogP contribution in [-0.2, 0) is 27.3 Å². The minimum Gasteiger partial charge on any atom is -0.467 e. The molecule has 1 aromatic carbocycles. The van der Waals surface area contributed by atoms with Crippen molar-refractivity contribution in [3.8, 4) is 0 Å². The van der Waals surface area contributed by atoms with Gasteiger partial charge in [0.05, 0.1) is 25.8 Å². The first-order valence-corrected chi connectivity index (χ1v) is 8.18. The van der Waals surface area contributed by atoms with Crippen LogP contribution < -0.4 is 0 Å². The summed E-state index contributed by atoms with van der Waals surface area (Å²) in [7, 11) is 0. The molecule has 0 aliphatic heterocycles. The van der Waals surface area contributed by atoms with Crippen LogP contribution in [0.15, 0.2) is 53.1 Å². The van der Waals surface area contributed by atoms with Crippen LogP contribution in [0.3, 0.4) is 0 Å². The highest BCUT2D eigenvalue weighted by molar-refractivity contribution is 5.77. The number of hydrogen-bond acceptors (Lipinski definition) is 4. The Kier molecular flexibility index (Phi) is 7.08. The predicted octanol–water partition coefficient (Wildman–Crippen LogP) is 3.19. The third-order valence-electron chi connectivity index (χ3n) is 3.64. The molecule has 0 unspecified atom stereocenters. The summed E-state index contributed by atoms with van der Waals surface area (Å²) >= 11 is 0. The van der Waals surface area contributed by atoms with Crippen molar-refractivity contribution in [2.75, 3.05) is 13.2 Å². The molecule has 1 amide bonds. The van der Waals surface area contributed by atoms with Gasteiger partial charge >= 0.3 is 5.97 Å². The molecule has 0 radical (unpaired) electrons. The van der Waals surface area contributed by atoms with Gasteiger partial charge in [-0.05, 0) is 31.0 Å². The van der Waals surface area contributed by atoms with Gasteiger partial charge in [-0.15, -0.1) is 0 Å². The Hall–Kier alpha value is -2.56. The number of carbonyl (C=O) groups excluding carboxylic acids is 2. The van der Waals surface area contributed by atoms with Gasteiger partial charge in [-0.3, -0.25) is 9.59 Å². The standard InChI is InChI=1S/C19H23NO4/c1-2-23-19(22)12-13-20(15-17-9-6-14-24-17)18(21)11-10-16-7-4-3-5-8-16/h3-9,14H,2,10-13,15H2,1H3. The van der Waals surface area contributed by atoms with Gasteiger partial charge in [0.25, 0.3) is 0 Å². The number of rotatable bonds is 9. The van der Waals surface area contributed by atoms with Gasteiger partial charge in [0.2, 0.25) is 5.91 Å².